The zero-order chi connectivity index (χ0) is 14.6. The lowest BCUT2D eigenvalue weighted by molar-refractivity contribution is 0.0691. The Bertz CT molecular complexity index is 355. The van der Waals surface area contributed by atoms with E-state index in [1.807, 2.05) is 13.1 Å². The van der Waals surface area contributed by atoms with E-state index >= 15 is 0 Å². The summed E-state index contributed by atoms with van der Waals surface area (Å²) in [7, 11) is 3.39. The van der Waals surface area contributed by atoms with E-state index in [1.54, 1.807) is 14.2 Å². The van der Waals surface area contributed by atoms with Gasteiger partial charge >= 0.3 is 0 Å². The van der Waals surface area contributed by atoms with Gasteiger partial charge in [0.25, 0.3) is 0 Å². The minimum atomic E-state index is 0.661. The van der Waals surface area contributed by atoms with Gasteiger partial charge in [-0.3, -0.25) is 0 Å². The van der Waals surface area contributed by atoms with Gasteiger partial charge < -0.3 is 24.1 Å². The average Bonchev–Trinajstić information content (AvgIpc) is 2.79. The van der Waals surface area contributed by atoms with Crippen LogP contribution in [0.3, 0.4) is 0 Å². The Hall–Kier alpha value is -1.11. The van der Waals surface area contributed by atoms with E-state index in [2.05, 4.69) is 14.9 Å². The van der Waals surface area contributed by atoms with Gasteiger partial charge in [-0.05, 0) is 19.8 Å². The van der Waals surface area contributed by atoms with Crippen LogP contribution < -0.4 is 5.32 Å². The molecule has 1 N–H and O–H groups in total. The highest BCUT2D eigenvalue weighted by atomic mass is 16.5. The molecule has 0 amide bonds. The number of nitrogens with zero attached hydrogens (tertiary/aromatic N) is 2. The third kappa shape index (κ3) is 6.88. The van der Waals surface area contributed by atoms with Crippen molar-refractivity contribution in [3.8, 4) is 0 Å². The van der Waals surface area contributed by atoms with Gasteiger partial charge in [0, 0.05) is 40.1 Å². The molecule has 0 bridgehead atoms. The van der Waals surface area contributed by atoms with E-state index in [1.165, 1.54) is 0 Å². The molecule has 6 heteroatoms. The summed E-state index contributed by atoms with van der Waals surface area (Å²) < 4.78 is 17.5. The highest BCUT2D eigenvalue weighted by molar-refractivity contribution is 5.28. The number of hydrogen-bond acceptors (Lipinski definition) is 5. The Morgan fingerprint density at radius 3 is 2.65 bits per heavy atom. The predicted molar refractivity (Wildman–Crippen MR) is 79.3 cm³/mol. The summed E-state index contributed by atoms with van der Waals surface area (Å²) in [6.45, 7) is 6.52. The molecule has 0 atom stereocenters. The molecular weight excluding hydrogens is 258 g/mol. The number of ether oxygens (including phenoxy) is 3. The van der Waals surface area contributed by atoms with E-state index in [0.717, 1.165) is 44.2 Å². The van der Waals surface area contributed by atoms with Crippen LogP contribution in [0, 0.1) is 6.92 Å². The van der Waals surface area contributed by atoms with Crippen molar-refractivity contribution in [3.05, 3.63) is 11.9 Å². The van der Waals surface area contributed by atoms with Gasteiger partial charge in [0.05, 0.1) is 25.5 Å². The first-order valence-electron chi connectivity index (χ1n) is 7.11. The molecule has 0 aromatic carbocycles. The second kappa shape index (κ2) is 10.7. The van der Waals surface area contributed by atoms with Crippen molar-refractivity contribution in [2.24, 2.45) is 0 Å². The van der Waals surface area contributed by atoms with Crippen LogP contribution in [0.4, 0.5) is 5.95 Å². The normalized spacial score (nSPS) is 10.9. The Balaban J connectivity index is 2.14. The average molecular weight is 285 g/mol. The second-order valence-corrected chi connectivity index (χ2v) is 4.63. The van der Waals surface area contributed by atoms with Gasteiger partial charge in [-0.15, -0.1) is 0 Å². The third-order valence-electron chi connectivity index (χ3n) is 2.86. The van der Waals surface area contributed by atoms with Crippen molar-refractivity contribution < 1.29 is 14.2 Å². The molecule has 20 heavy (non-hydrogen) atoms. The number of hydrogen-bond donors (Lipinski definition) is 1. The molecule has 0 aliphatic heterocycles. The van der Waals surface area contributed by atoms with Crippen molar-refractivity contribution >= 4 is 5.95 Å². The summed E-state index contributed by atoms with van der Waals surface area (Å²) in [4.78, 5) is 4.47. The molecule has 0 aliphatic carbocycles. The van der Waals surface area contributed by atoms with E-state index in [-0.39, 0.29) is 0 Å². The van der Waals surface area contributed by atoms with Crippen LogP contribution in [0.25, 0.3) is 0 Å². The highest BCUT2D eigenvalue weighted by Crippen LogP contribution is 2.08. The van der Waals surface area contributed by atoms with E-state index < -0.39 is 0 Å². The van der Waals surface area contributed by atoms with Crippen molar-refractivity contribution in [1.82, 2.24) is 9.55 Å². The van der Waals surface area contributed by atoms with E-state index in [4.69, 9.17) is 14.2 Å². The molecule has 0 saturated carbocycles. The molecule has 0 unspecified atom stereocenters. The number of nitrogens with one attached hydrogen (secondary N) is 1. The van der Waals surface area contributed by atoms with Crippen LogP contribution in [0.2, 0.25) is 0 Å². The highest BCUT2D eigenvalue weighted by Gasteiger charge is 2.04. The van der Waals surface area contributed by atoms with Gasteiger partial charge in [0.2, 0.25) is 5.95 Å². The molecule has 0 radical (unpaired) electrons. The van der Waals surface area contributed by atoms with Crippen LogP contribution in [0.15, 0.2) is 6.20 Å². The smallest absolute Gasteiger partial charge is 0.203 e. The zero-order valence-corrected chi connectivity index (χ0v) is 12.9. The quantitative estimate of drug-likeness (QED) is 0.592. The van der Waals surface area contributed by atoms with Crippen molar-refractivity contribution in [2.75, 3.05) is 52.5 Å². The zero-order valence-electron chi connectivity index (χ0n) is 12.9. The number of unbranched alkanes of at least 4 members (excludes halogenated alkanes) is 1. The van der Waals surface area contributed by atoms with Crippen LogP contribution >= 0.6 is 0 Å². The second-order valence-electron chi connectivity index (χ2n) is 4.63. The van der Waals surface area contributed by atoms with Crippen LogP contribution in [0.5, 0.6) is 0 Å². The maximum absolute atomic E-state index is 5.42. The van der Waals surface area contributed by atoms with E-state index in [0.29, 0.717) is 19.8 Å². The van der Waals surface area contributed by atoms with E-state index in [9.17, 15) is 0 Å². The molecule has 0 spiro atoms. The third-order valence-corrected chi connectivity index (χ3v) is 2.86. The summed E-state index contributed by atoms with van der Waals surface area (Å²) in [5, 5.41) is 3.36. The number of imidazole rings is 1. The van der Waals surface area contributed by atoms with Crippen LogP contribution in [-0.2, 0) is 20.8 Å². The van der Waals surface area contributed by atoms with Crippen molar-refractivity contribution in [3.63, 3.8) is 0 Å². The van der Waals surface area contributed by atoms with Gasteiger partial charge in [-0.1, -0.05) is 0 Å². The molecule has 1 heterocycles. The first-order chi connectivity index (χ1) is 9.77. The molecule has 6 nitrogen and oxygen atoms in total. The molecule has 0 aliphatic rings. The lowest BCUT2D eigenvalue weighted by Crippen LogP contribution is -2.11. The fourth-order valence-corrected chi connectivity index (χ4v) is 1.82. The maximum Gasteiger partial charge on any atom is 0.203 e. The first-order valence-corrected chi connectivity index (χ1v) is 7.11. The number of aryl methyl sites for hydroxylation is 1. The van der Waals surface area contributed by atoms with Gasteiger partial charge in [-0.25, -0.2) is 4.98 Å². The molecule has 0 fully saturated rings. The van der Waals surface area contributed by atoms with Gasteiger partial charge in [0.1, 0.15) is 0 Å². The Labute approximate surface area is 121 Å². The lowest BCUT2D eigenvalue weighted by Gasteiger charge is -2.09. The summed E-state index contributed by atoms with van der Waals surface area (Å²) in [5.41, 5.74) is 1.02. The first kappa shape index (κ1) is 16.9. The minimum absolute atomic E-state index is 0.661. The Morgan fingerprint density at radius 1 is 1.10 bits per heavy atom. The van der Waals surface area contributed by atoms with Crippen LogP contribution in [0.1, 0.15) is 18.5 Å². The standard InChI is InChI=1S/C14H27N3O3/c1-13-12-17(7-9-18-2)14(16-13)15-6-4-5-8-20-11-10-19-3/h12H,4-11H2,1-3H3,(H,15,16). The number of methoxy groups -OCH3 is 2. The minimum Gasteiger partial charge on any atom is -0.383 e. The molecule has 1 rings (SSSR count). The fraction of sp³-hybridized carbons (Fsp3) is 0.786. The molecule has 1 aromatic heterocycles. The van der Waals surface area contributed by atoms with Crippen molar-refractivity contribution in [2.45, 2.75) is 26.3 Å². The Kier molecular flexibility index (Phi) is 9.02. The lowest BCUT2D eigenvalue weighted by atomic mass is 10.3. The maximum atomic E-state index is 5.42. The number of rotatable bonds is 12. The van der Waals surface area contributed by atoms with Gasteiger partial charge in [0.15, 0.2) is 0 Å². The topological polar surface area (TPSA) is 57.5 Å². The molecule has 1 aromatic rings. The molecule has 0 saturated heterocycles. The fourth-order valence-electron chi connectivity index (χ4n) is 1.82. The SMILES string of the molecule is COCCOCCCCNc1nc(C)cn1CCOC. The van der Waals surface area contributed by atoms with Gasteiger partial charge in [-0.2, -0.15) is 0 Å². The summed E-state index contributed by atoms with van der Waals surface area (Å²) >= 11 is 0. The monoisotopic (exact) mass is 285 g/mol. The number of anilines is 1. The molecule has 116 valence electrons. The summed E-state index contributed by atoms with van der Waals surface area (Å²) in [6, 6.07) is 0. The van der Waals surface area contributed by atoms with Crippen molar-refractivity contribution in [1.29, 1.82) is 0 Å². The Morgan fingerprint density at radius 2 is 1.90 bits per heavy atom. The summed E-state index contributed by atoms with van der Waals surface area (Å²) in [6.07, 6.45) is 4.13. The molecular formula is C14H27N3O3. The predicted octanol–water partition coefficient (Wildman–Crippen LogP) is 1.69. The largest absolute Gasteiger partial charge is 0.383 e. The number of aromatic nitrogens is 2. The van der Waals surface area contributed by atoms with Crippen LogP contribution in [-0.4, -0.2) is 56.7 Å². The summed E-state index contributed by atoms with van der Waals surface area (Å²) in [5.74, 6) is 0.917.